The highest BCUT2D eigenvalue weighted by Crippen LogP contribution is 2.29. The quantitative estimate of drug-likeness (QED) is 0.320. The molecule has 3 aromatic heterocycles. The number of carbonyl (C=O) groups is 1. The van der Waals surface area contributed by atoms with Gasteiger partial charge in [-0.25, -0.2) is 4.79 Å². The molecule has 0 bridgehead atoms. The van der Waals surface area contributed by atoms with Gasteiger partial charge in [-0.2, -0.15) is 0 Å². The van der Waals surface area contributed by atoms with Crippen molar-refractivity contribution in [2.75, 3.05) is 0 Å². The van der Waals surface area contributed by atoms with Crippen LogP contribution in [0.4, 0.5) is 0 Å². The highest BCUT2D eigenvalue weighted by molar-refractivity contribution is 6.30. The molecule has 2 aromatic carbocycles. The third kappa shape index (κ3) is 4.47. The summed E-state index contributed by atoms with van der Waals surface area (Å²) in [5, 5.41) is 5.60. The van der Waals surface area contributed by atoms with Crippen molar-refractivity contribution in [3.05, 3.63) is 100.0 Å². The lowest BCUT2D eigenvalue weighted by Gasteiger charge is -2.29. The normalized spacial score (nSPS) is 17.6. The van der Waals surface area contributed by atoms with Gasteiger partial charge in [0.25, 0.3) is 5.91 Å². The summed E-state index contributed by atoms with van der Waals surface area (Å²) >= 11 is 6.05. The van der Waals surface area contributed by atoms with Crippen LogP contribution in [-0.4, -0.2) is 31.1 Å². The van der Waals surface area contributed by atoms with Crippen LogP contribution in [0, 0.1) is 12.8 Å². The highest BCUT2D eigenvalue weighted by Gasteiger charge is 2.26. The Labute approximate surface area is 225 Å². The number of aromatic nitrogens is 4. The Morgan fingerprint density at radius 3 is 2.63 bits per heavy atom. The lowest BCUT2D eigenvalue weighted by molar-refractivity contribution is 0.0919. The Morgan fingerprint density at radius 2 is 1.82 bits per heavy atom. The number of para-hydroxylation sites is 2. The van der Waals surface area contributed by atoms with E-state index in [9.17, 15) is 9.59 Å². The molecule has 1 saturated carbocycles. The number of halogens is 1. The molecule has 3 heterocycles. The molecule has 7 nitrogen and oxygen atoms in total. The molecule has 0 unspecified atom stereocenters. The monoisotopic (exact) mass is 525 g/mol. The van der Waals surface area contributed by atoms with Crippen LogP contribution in [-0.2, 0) is 6.54 Å². The number of fused-ring (bicyclic) bond motifs is 2. The van der Waals surface area contributed by atoms with E-state index in [4.69, 9.17) is 11.6 Å². The van der Waals surface area contributed by atoms with E-state index in [1.807, 2.05) is 70.8 Å². The van der Waals surface area contributed by atoms with Crippen LogP contribution in [0.15, 0.2) is 78.0 Å². The minimum absolute atomic E-state index is 0.0325. The van der Waals surface area contributed by atoms with Crippen LogP contribution in [0.1, 0.15) is 41.7 Å². The van der Waals surface area contributed by atoms with E-state index in [-0.39, 0.29) is 17.6 Å². The van der Waals surface area contributed by atoms with Crippen LogP contribution >= 0.6 is 11.6 Å². The predicted octanol–water partition coefficient (Wildman–Crippen LogP) is 5.69. The Balaban J connectivity index is 1.23. The lowest BCUT2D eigenvalue weighted by Crippen LogP contribution is -2.39. The number of nitrogens with zero attached hydrogens (tertiary/aromatic N) is 4. The Kier molecular flexibility index (Phi) is 6.45. The van der Waals surface area contributed by atoms with E-state index in [1.54, 1.807) is 18.5 Å². The summed E-state index contributed by atoms with van der Waals surface area (Å²) in [6.45, 7) is 2.46. The summed E-state index contributed by atoms with van der Waals surface area (Å²) in [4.78, 5) is 35.1. The van der Waals surface area contributed by atoms with Crippen LogP contribution in [0.5, 0.6) is 0 Å². The van der Waals surface area contributed by atoms with Crippen molar-refractivity contribution in [1.82, 2.24) is 24.4 Å². The zero-order chi connectivity index (χ0) is 26.2. The van der Waals surface area contributed by atoms with Gasteiger partial charge in [-0.1, -0.05) is 35.9 Å². The zero-order valence-corrected chi connectivity index (χ0v) is 21.9. The first kappa shape index (κ1) is 24.4. The van der Waals surface area contributed by atoms with Gasteiger partial charge in [-0.3, -0.25) is 23.9 Å². The molecule has 1 N–H and O–H groups in total. The first-order chi connectivity index (χ1) is 18.5. The van der Waals surface area contributed by atoms with Crippen molar-refractivity contribution in [2.24, 2.45) is 5.92 Å². The van der Waals surface area contributed by atoms with E-state index < -0.39 is 0 Å². The molecule has 0 spiro atoms. The first-order valence-corrected chi connectivity index (χ1v) is 13.3. The van der Waals surface area contributed by atoms with Gasteiger partial charge in [-0.15, -0.1) is 0 Å². The molecule has 192 valence electrons. The molecule has 38 heavy (non-hydrogen) atoms. The van der Waals surface area contributed by atoms with Crippen molar-refractivity contribution in [3.63, 3.8) is 0 Å². The summed E-state index contributed by atoms with van der Waals surface area (Å²) in [6.07, 6.45) is 8.74. The van der Waals surface area contributed by atoms with E-state index >= 15 is 0 Å². The second-order valence-electron chi connectivity index (χ2n) is 10.1. The maximum Gasteiger partial charge on any atom is 0.333 e. The molecule has 1 fully saturated rings. The second kappa shape index (κ2) is 10.1. The highest BCUT2D eigenvalue weighted by atomic mass is 35.5. The smallest absolute Gasteiger partial charge is 0.333 e. The number of carbonyl (C=O) groups excluding carboxylic acids is 1. The molecule has 0 aliphatic heterocycles. The van der Waals surface area contributed by atoms with E-state index in [2.05, 4.69) is 15.3 Å². The molecule has 0 atom stereocenters. The van der Waals surface area contributed by atoms with Crippen LogP contribution in [0.25, 0.3) is 27.5 Å². The zero-order valence-electron chi connectivity index (χ0n) is 21.1. The molecule has 6 rings (SSSR count). The summed E-state index contributed by atoms with van der Waals surface area (Å²) in [5.74, 6) is 0.219. The SMILES string of the molecule is Cc1ncc(Cl)cc1C(=O)N[C@H]1CC[C@H](Cn2c(=O)n(-c3cccc4cnccc34)c3ccccc32)CC1. The van der Waals surface area contributed by atoms with E-state index in [0.717, 1.165) is 53.2 Å². The Morgan fingerprint density at radius 1 is 1.03 bits per heavy atom. The molecule has 5 aromatic rings. The summed E-state index contributed by atoms with van der Waals surface area (Å²) in [7, 11) is 0. The van der Waals surface area contributed by atoms with Crippen LogP contribution in [0.3, 0.4) is 0 Å². The van der Waals surface area contributed by atoms with Gasteiger partial charge in [0.15, 0.2) is 0 Å². The Hall–Kier alpha value is -3.97. The van der Waals surface area contributed by atoms with Gasteiger partial charge in [0.1, 0.15) is 0 Å². The topological polar surface area (TPSA) is 81.8 Å². The van der Waals surface area contributed by atoms with Gasteiger partial charge >= 0.3 is 5.69 Å². The number of imidazole rings is 1. The molecule has 0 radical (unpaired) electrons. The fraction of sp³-hybridized carbons (Fsp3) is 0.267. The van der Waals surface area contributed by atoms with Crippen LogP contribution in [0.2, 0.25) is 5.02 Å². The van der Waals surface area contributed by atoms with E-state index in [1.165, 1.54) is 0 Å². The average molecular weight is 526 g/mol. The third-order valence-electron chi connectivity index (χ3n) is 7.66. The molecule has 1 aliphatic carbocycles. The van der Waals surface area contributed by atoms with Crippen molar-refractivity contribution in [2.45, 2.75) is 45.2 Å². The summed E-state index contributed by atoms with van der Waals surface area (Å²) in [5.41, 5.74) is 3.84. The third-order valence-corrected chi connectivity index (χ3v) is 7.86. The van der Waals surface area contributed by atoms with Crippen molar-refractivity contribution in [1.29, 1.82) is 0 Å². The van der Waals surface area contributed by atoms with Crippen LogP contribution < -0.4 is 11.0 Å². The Bertz CT molecular complexity index is 1710. The molecule has 0 saturated heterocycles. The van der Waals surface area contributed by atoms with Crippen molar-refractivity contribution >= 4 is 39.3 Å². The second-order valence-corrected chi connectivity index (χ2v) is 10.5. The molecule has 1 amide bonds. The number of nitrogens with one attached hydrogen (secondary N) is 1. The number of hydrogen-bond donors (Lipinski definition) is 1. The number of aryl methyl sites for hydroxylation is 1. The summed E-state index contributed by atoms with van der Waals surface area (Å²) < 4.78 is 3.74. The predicted molar refractivity (Wildman–Crippen MR) is 150 cm³/mol. The number of pyridine rings is 2. The minimum atomic E-state index is -0.134. The van der Waals surface area contributed by atoms with Gasteiger partial charge in [0.05, 0.1) is 33.0 Å². The fourth-order valence-electron chi connectivity index (χ4n) is 5.67. The number of hydrogen-bond acceptors (Lipinski definition) is 4. The van der Waals surface area contributed by atoms with Gasteiger partial charge in [0, 0.05) is 41.9 Å². The molecular weight excluding hydrogens is 498 g/mol. The number of amides is 1. The van der Waals surface area contributed by atoms with Crippen molar-refractivity contribution < 1.29 is 4.79 Å². The molecule has 1 aliphatic rings. The standard InChI is InChI=1S/C30H28ClN5O2/c1-19-25(15-22(31)17-33-19)29(37)34-23-11-9-20(10-12-23)18-35-27-6-2-3-7-28(27)36(30(35)38)26-8-4-5-21-16-32-14-13-24(21)26/h2-8,13-17,20,23H,9-12,18H2,1H3,(H,34,37)/t20-,23-. The van der Waals surface area contributed by atoms with Gasteiger partial charge < -0.3 is 5.32 Å². The largest absolute Gasteiger partial charge is 0.349 e. The maximum atomic E-state index is 13.9. The fourth-order valence-corrected chi connectivity index (χ4v) is 5.82. The average Bonchev–Trinajstić information content (AvgIpc) is 3.21. The molecular formula is C30H28ClN5O2. The van der Waals surface area contributed by atoms with Gasteiger partial charge in [-0.05, 0) is 68.9 Å². The van der Waals surface area contributed by atoms with Crippen molar-refractivity contribution in [3.8, 4) is 5.69 Å². The van der Waals surface area contributed by atoms with E-state index in [0.29, 0.717) is 28.7 Å². The van der Waals surface area contributed by atoms with Gasteiger partial charge in [0.2, 0.25) is 0 Å². The first-order valence-electron chi connectivity index (χ1n) is 13.0. The minimum Gasteiger partial charge on any atom is -0.349 e. The number of benzene rings is 2. The molecule has 8 heteroatoms. The lowest BCUT2D eigenvalue weighted by atomic mass is 9.85. The number of rotatable bonds is 5. The summed E-state index contributed by atoms with van der Waals surface area (Å²) in [6, 6.07) is 17.7. The maximum absolute atomic E-state index is 13.9.